The number of rotatable bonds is 12. The van der Waals surface area contributed by atoms with Gasteiger partial charge in [0.2, 0.25) is 5.88 Å². The number of nitrogens with zero attached hydrogens (tertiary/aromatic N) is 1. The van der Waals surface area contributed by atoms with Crippen LogP contribution >= 0.6 is 19.2 Å². The van der Waals surface area contributed by atoms with Gasteiger partial charge in [0.15, 0.2) is 11.9 Å². The normalized spacial score (nSPS) is 13.9. The molecule has 0 saturated carbocycles. The Morgan fingerprint density at radius 3 is 2.21 bits per heavy atom. The predicted octanol–water partition coefficient (Wildman–Crippen LogP) is 5.82. The molecule has 0 bridgehead atoms. The van der Waals surface area contributed by atoms with E-state index in [-0.39, 0.29) is 36.3 Å². The van der Waals surface area contributed by atoms with Crippen LogP contribution in [0.2, 0.25) is 5.02 Å². The lowest BCUT2D eigenvalue weighted by atomic mass is 10.2. The molecule has 34 heavy (non-hydrogen) atoms. The van der Waals surface area contributed by atoms with Gasteiger partial charge in [0, 0.05) is 12.6 Å². The van der Waals surface area contributed by atoms with E-state index in [0.717, 1.165) is 6.07 Å². The number of nitrogens with two attached hydrogens (primary N) is 1. The molecule has 2 aromatic rings. The van der Waals surface area contributed by atoms with Crippen LogP contribution in [0.5, 0.6) is 17.4 Å². The van der Waals surface area contributed by atoms with Gasteiger partial charge >= 0.3 is 13.8 Å². The number of halogens is 4. The standard InChI is InChI=1S/C21H25ClF3N2O6P/c1-4-30-34(29,31-5-2)19(26)11-18(28)13(3)32-15-6-8-16(9-7-15)33-20-17(22)10-14(12-27-20)21(23,24)25/h6-10,12-13,19H,4-5,11,26H2,1-3H3. The molecule has 0 radical (unpaired) electrons. The van der Waals surface area contributed by atoms with Gasteiger partial charge < -0.3 is 24.3 Å². The molecule has 0 aliphatic carbocycles. The smallest absolute Gasteiger partial charge is 0.417 e. The molecular formula is C21H25ClF3N2O6P. The minimum absolute atomic E-state index is 0.118. The van der Waals surface area contributed by atoms with Crippen LogP contribution in [0.15, 0.2) is 36.5 Å². The zero-order valence-electron chi connectivity index (χ0n) is 18.7. The summed E-state index contributed by atoms with van der Waals surface area (Å²) in [5.74, 6) is -1.20. The van der Waals surface area contributed by atoms with Crippen molar-refractivity contribution < 1.29 is 41.1 Å². The molecule has 1 aromatic heterocycles. The number of ether oxygens (including phenoxy) is 2. The molecule has 0 saturated heterocycles. The average molecular weight is 525 g/mol. The number of aromatic nitrogens is 1. The van der Waals surface area contributed by atoms with Gasteiger partial charge in [-0.25, -0.2) is 4.98 Å². The second-order valence-corrected chi connectivity index (χ2v) is 9.62. The third-order valence-electron chi connectivity index (χ3n) is 4.37. The Balaban J connectivity index is 1.99. The van der Waals surface area contributed by atoms with E-state index >= 15 is 0 Å². The van der Waals surface area contributed by atoms with E-state index in [0.29, 0.717) is 11.9 Å². The lowest BCUT2D eigenvalue weighted by Crippen LogP contribution is -2.32. The molecule has 0 aliphatic heterocycles. The van der Waals surface area contributed by atoms with Crippen LogP contribution < -0.4 is 15.2 Å². The van der Waals surface area contributed by atoms with Crippen molar-refractivity contribution in [1.82, 2.24) is 4.98 Å². The van der Waals surface area contributed by atoms with Gasteiger partial charge in [-0.15, -0.1) is 0 Å². The number of Topliss-reactive ketones (excluding diaryl/α,β-unsaturated/α-hetero) is 1. The largest absolute Gasteiger partial charge is 0.483 e. The Hall–Kier alpha value is -2.17. The highest BCUT2D eigenvalue weighted by atomic mass is 35.5. The second-order valence-electron chi connectivity index (χ2n) is 6.96. The fourth-order valence-electron chi connectivity index (χ4n) is 2.70. The number of hydrogen-bond donors (Lipinski definition) is 1. The van der Waals surface area contributed by atoms with E-state index < -0.39 is 37.0 Å². The van der Waals surface area contributed by atoms with E-state index in [1.165, 1.54) is 31.2 Å². The number of alkyl halides is 3. The van der Waals surface area contributed by atoms with Gasteiger partial charge in [0.25, 0.3) is 0 Å². The SMILES string of the molecule is CCOP(=O)(OCC)C(N)CC(=O)C(C)Oc1ccc(Oc2ncc(C(F)(F)F)cc2Cl)cc1. The summed E-state index contributed by atoms with van der Waals surface area (Å²) >= 11 is 5.84. The van der Waals surface area contributed by atoms with Gasteiger partial charge in [-0.05, 0) is 51.1 Å². The molecule has 2 atom stereocenters. The van der Waals surface area contributed by atoms with Crippen molar-refractivity contribution >= 4 is 25.0 Å². The maximum atomic E-state index is 12.7. The van der Waals surface area contributed by atoms with E-state index in [2.05, 4.69) is 4.98 Å². The lowest BCUT2D eigenvalue weighted by Gasteiger charge is -2.23. The average Bonchev–Trinajstić information content (AvgIpc) is 2.76. The Kier molecular flexibility index (Phi) is 9.90. The van der Waals surface area contributed by atoms with Gasteiger partial charge in [0.1, 0.15) is 22.3 Å². The van der Waals surface area contributed by atoms with Gasteiger partial charge in [-0.2, -0.15) is 13.2 Å². The molecule has 13 heteroatoms. The summed E-state index contributed by atoms with van der Waals surface area (Å²) < 4.78 is 72.1. The molecule has 0 fully saturated rings. The maximum Gasteiger partial charge on any atom is 0.417 e. The van der Waals surface area contributed by atoms with Crippen molar-refractivity contribution in [3.8, 4) is 17.4 Å². The first-order valence-electron chi connectivity index (χ1n) is 10.2. The van der Waals surface area contributed by atoms with E-state index in [4.69, 9.17) is 35.9 Å². The van der Waals surface area contributed by atoms with Crippen LogP contribution in [-0.2, 0) is 24.6 Å². The van der Waals surface area contributed by atoms with Crippen molar-refractivity contribution in [2.45, 2.75) is 45.3 Å². The molecule has 188 valence electrons. The maximum absolute atomic E-state index is 12.7. The number of benzene rings is 1. The zero-order chi connectivity index (χ0) is 25.5. The molecule has 1 heterocycles. The summed E-state index contributed by atoms with van der Waals surface area (Å²) in [5.41, 5.74) is 4.92. The first kappa shape index (κ1) is 28.1. The molecule has 0 amide bonds. The number of carbonyl (C=O) groups is 1. The van der Waals surface area contributed by atoms with Crippen molar-refractivity contribution in [3.63, 3.8) is 0 Å². The van der Waals surface area contributed by atoms with Crippen molar-refractivity contribution in [1.29, 1.82) is 0 Å². The predicted molar refractivity (Wildman–Crippen MR) is 119 cm³/mol. The first-order chi connectivity index (χ1) is 15.9. The highest BCUT2D eigenvalue weighted by Gasteiger charge is 2.35. The lowest BCUT2D eigenvalue weighted by molar-refractivity contribution is -0.137. The van der Waals surface area contributed by atoms with Crippen molar-refractivity contribution in [2.24, 2.45) is 5.73 Å². The molecule has 2 N–H and O–H groups in total. The van der Waals surface area contributed by atoms with Crippen LogP contribution in [0.25, 0.3) is 0 Å². The third kappa shape index (κ3) is 7.68. The van der Waals surface area contributed by atoms with Gasteiger partial charge in [0.05, 0.1) is 18.8 Å². The molecule has 2 rings (SSSR count). The molecule has 2 unspecified atom stereocenters. The molecular weight excluding hydrogens is 500 g/mol. The van der Waals surface area contributed by atoms with Gasteiger partial charge in [-0.1, -0.05) is 11.6 Å². The number of hydrogen-bond acceptors (Lipinski definition) is 8. The third-order valence-corrected chi connectivity index (χ3v) is 6.88. The Morgan fingerprint density at radius 1 is 1.15 bits per heavy atom. The van der Waals surface area contributed by atoms with Crippen LogP contribution in [0.4, 0.5) is 13.2 Å². The van der Waals surface area contributed by atoms with E-state index in [9.17, 15) is 22.5 Å². The number of carbonyl (C=O) groups excluding carboxylic acids is 1. The summed E-state index contributed by atoms with van der Waals surface area (Å²) in [6.45, 7) is 5.03. The molecule has 0 spiro atoms. The summed E-state index contributed by atoms with van der Waals surface area (Å²) in [6, 6.07) is 6.62. The van der Waals surface area contributed by atoms with E-state index in [1.54, 1.807) is 13.8 Å². The minimum Gasteiger partial charge on any atom is -0.483 e. The second kappa shape index (κ2) is 12.0. The van der Waals surface area contributed by atoms with Crippen LogP contribution in [0.1, 0.15) is 32.8 Å². The summed E-state index contributed by atoms with van der Waals surface area (Å²) in [4.78, 5) is 16.1. The molecule has 0 aliphatic rings. The summed E-state index contributed by atoms with van der Waals surface area (Å²) in [6.07, 6.45) is -5.15. The Morgan fingerprint density at radius 2 is 1.71 bits per heavy atom. The highest BCUT2D eigenvalue weighted by Crippen LogP contribution is 2.52. The van der Waals surface area contributed by atoms with Crippen molar-refractivity contribution in [3.05, 3.63) is 47.1 Å². The molecule has 1 aromatic carbocycles. The van der Waals surface area contributed by atoms with Crippen LogP contribution in [0.3, 0.4) is 0 Å². The fourth-order valence-corrected chi connectivity index (χ4v) is 4.48. The Labute approximate surface area is 200 Å². The van der Waals surface area contributed by atoms with Crippen LogP contribution in [0, 0.1) is 0 Å². The van der Waals surface area contributed by atoms with Crippen LogP contribution in [-0.4, -0.2) is 35.9 Å². The highest BCUT2D eigenvalue weighted by molar-refractivity contribution is 7.54. The summed E-state index contributed by atoms with van der Waals surface area (Å²) in [7, 11) is -3.64. The first-order valence-corrected chi connectivity index (χ1v) is 12.2. The van der Waals surface area contributed by atoms with E-state index in [1.807, 2.05) is 0 Å². The van der Waals surface area contributed by atoms with Gasteiger partial charge in [-0.3, -0.25) is 9.36 Å². The quantitative estimate of drug-likeness (QED) is 0.346. The number of ketones is 1. The zero-order valence-corrected chi connectivity index (χ0v) is 20.3. The molecule has 8 nitrogen and oxygen atoms in total. The minimum atomic E-state index is -4.57. The van der Waals surface area contributed by atoms with Crippen molar-refractivity contribution in [2.75, 3.05) is 13.2 Å². The Bertz CT molecular complexity index is 1010. The topological polar surface area (TPSA) is 110 Å². The number of pyridine rings is 1. The monoisotopic (exact) mass is 524 g/mol. The summed E-state index contributed by atoms with van der Waals surface area (Å²) in [5, 5.41) is -0.304. The fraction of sp³-hybridized carbons (Fsp3) is 0.429.